The summed E-state index contributed by atoms with van der Waals surface area (Å²) in [4.78, 5) is 24.7. The monoisotopic (exact) mass is 368 g/mol. The van der Waals surface area contributed by atoms with E-state index < -0.39 is 0 Å². The van der Waals surface area contributed by atoms with Gasteiger partial charge in [0, 0.05) is 13.2 Å². The number of aryl methyl sites for hydroxylation is 1. The van der Waals surface area contributed by atoms with Crippen LogP contribution in [0.3, 0.4) is 0 Å². The molecule has 27 heavy (non-hydrogen) atoms. The summed E-state index contributed by atoms with van der Waals surface area (Å²) in [7, 11) is 0. The minimum Gasteiger partial charge on any atom is -0.484 e. The van der Waals surface area contributed by atoms with Gasteiger partial charge in [0.2, 0.25) is 0 Å². The van der Waals surface area contributed by atoms with Crippen LogP contribution < -0.4 is 15.4 Å². The highest BCUT2D eigenvalue weighted by Gasteiger charge is 2.18. The van der Waals surface area contributed by atoms with Crippen molar-refractivity contribution in [3.8, 4) is 5.75 Å². The molecule has 0 spiro atoms. The minimum atomic E-state index is -0.323. The summed E-state index contributed by atoms with van der Waals surface area (Å²) >= 11 is 0. The Hall–Kier alpha value is -2.86. The van der Waals surface area contributed by atoms with Crippen LogP contribution in [-0.4, -0.2) is 37.7 Å². The van der Waals surface area contributed by atoms with E-state index in [1.54, 1.807) is 30.3 Å². The molecule has 0 radical (unpaired) electrons. The molecule has 1 heterocycles. The highest BCUT2D eigenvalue weighted by molar-refractivity contribution is 6.04. The summed E-state index contributed by atoms with van der Waals surface area (Å²) in [5.41, 5.74) is 1.93. The Labute approximate surface area is 158 Å². The van der Waals surface area contributed by atoms with E-state index in [0.717, 1.165) is 25.0 Å². The first kappa shape index (κ1) is 18.9. The van der Waals surface area contributed by atoms with Gasteiger partial charge >= 0.3 is 0 Å². The van der Waals surface area contributed by atoms with E-state index in [-0.39, 0.29) is 24.5 Å². The van der Waals surface area contributed by atoms with Crippen molar-refractivity contribution in [3.05, 3.63) is 59.7 Å². The molecule has 142 valence electrons. The third-order valence-electron chi connectivity index (χ3n) is 4.32. The maximum atomic E-state index is 12.5. The number of rotatable bonds is 7. The molecular formula is C21H24N2O4. The number of hydrogen-bond donors (Lipinski definition) is 2. The van der Waals surface area contributed by atoms with Crippen molar-refractivity contribution in [1.82, 2.24) is 5.32 Å². The third-order valence-corrected chi connectivity index (χ3v) is 4.32. The van der Waals surface area contributed by atoms with E-state index in [1.807, 2.05) is 25.1 Å². The molecule has 0 saturated carbocycles. The number of para-hydroxylation sites is 1. The Morgan fingerprint density at radius 2 is 2.04 bits per heavy atom. The third kappa shape index (κ3) is 5.56. The standard InChI is InChI=1S/C21H24N2O4/c1-15-6-4-7-16(12-15)27-14-20(24)23-19-10-3-2-9-18(19)21(25)22-13-17-8-5-11-26-17/h2-4,6-7,9-10,12,17H,5,8,11,13-14H2,1H3,(H,22,25)(H,23,24)/t17-/m0/s1. The van der Waals surface area contributed by atoms with Crippen molar-refractivity contribution >= 4 is 17.5 Å². The molecule has 3 rings (SSSR count). The first-order valence-electron chi connectivity index (χ1n) is 9.10. The van der Waals surface area contributed by atoms with Crippen LogP contribution in [0.25, 0.3) is 0 Å². The van der Waals surface area contributed by atoms with E-state index in [4.69, 9.17) is 9.47 Å². The summed E-state index contributed by atoms with van der Waals surface area (Å²) in [6.45, 7) is 3.04. The zero-order chi connectivity index (χ0) is 19.1. The quantitative estimate of drug-likeness (QED) is 0.788. The Bertz CT molecular complexity index is 800. The molecule has 1 fully saturated rings. The second-order valence-electron chi connectivity index (χ2n) is 6.54. The smallest absolute Gasteiger partial charge is 0.262 e. The van der Waals surface area contributed by atoms with Gasteiger partial charge in [0.25, 0.3) is 11.8 Å². The lowest BCUT2D eigenvalue weighted by Gasteiger charge is -2.14. The van der Waals surface area contributed by atoms with Crippen LogP contribution in [0.4, 0.5) is 5.69 Å². The van der Waals surface area contributed by atoms with Gasteiger partial charge in [0.15, 0.2) is 6.61 Å². The van der Waals surface area contributed by atoms with Gasteiger partial charge in [-0.15, -0.1) is 0 Å². The second kappa shape index (κ2) is 9.19. The summed E-state index contributed by atoms with van der Waals surface area (Å²) in [5.74, 6) is 0.0737. The fourth-order valence-electron chi connectivity index (χ4n) is 2.94. The van der Waals surface area contributed by atoms with Crippen LogP contribution in [-0.2, 0) is 9.53 Å². The van der Waals surface area contributed by atoms with Gasteiger partial charge in [0.1, 0.15) is 5.75 Å². The molecule has 0 aromatic heterocycles. The van der Waals surface area contributed by atoms with Crippen LogP contribution in [0.1, 0.15) is 28.8 Å². The summed E-state index contributed by atoms with van der Waals surface area (Å²) in [5, 5.41) is 5.62. The van der Waals surface area contributed by atoms with E-state index >= 15 is 0 Å². The summed E-state index contributed by atoms with van der Waals surface area (Å²) < 4.78 is 11.0. The number of ether oxygens (including phenoxy) is 2. The van der Waals surface area contributed by atoms with Crippen molar-refractivity contribution in [3.63, 3.8) is 0 Å². The van der Waals surface area contributed by atoms with Gasteiger partial charge in [0.05, 0.1) is 17.4 Å². The lowest BCUT2D eigenvalue weighted by atomic mass is 10.1. The number of hydrogen-bond acceptors (Lipinski definition) is 4. The highest BCUT2D eigenvalue weighted by Crippen LogP contribution is 2.17. The number of carbonyl (C=O) groups excluding carboxylic acids is 2. The van der Waals surface area contributed by atoms with Crippen molar-refractivity contribution in [2.75, 3.05) is 25.1 Å². The Balaban J connectivity index is 1.56. The van der Waals surface area contributed by atoms with Crippen LogP contribution in [0.15, 0.2) is 48.5 Å². The molecule has 1 saturated heterocycles. The number of benzene rings is 2. The fourth-order valence-corrected chi connectivity index (χ4v) is 2.94. The van der Waals surface area contributed by atoms with Crippen molar-refractivity contribution in [2.24, 2.45) is 0 Å². The van der Waals surface area contributed by atoms with Gasteiger partial charge < -0.3 is 20.1 Å². The summed E-state index contributed by atoms with van der Waals surface area (Å²) in [6, 6.07) is 14.4. The lowest BCUT2D eigenvalue weighted by Crippen LogP contribution is -2.32. The number of anilines is 1. The lowest BCUT2D eigenvalue weighted by molar-refractivity contribution is -0.118. The van der Waals surface area contributed by atoms with E-state index in [2.05, 4.69) is 10.6 Å². The molecule has 0 bridgehead atoms. The molecule has 2 aromatic rings. The van der Waals surface area contributed by atoms with Crippen LogP contribution >= 0.6 is 0 Å². The molecule has 1 atom stereocenters. The zero-order valence-corrected chi connectivity index (χ0v) is 15.4. The Morgan fingerprint density at radius 3 is 2.81 bits per heavy atom. The molecule has 2 amide bonds. The SMILES string of the molecule is Cc1cccc(OCC(=O)Nc2ccccc2C(=O)NC[C@@H]2CCCO2)c1. The Kier molecular flexibility index (Phi) is 6.44. The average molecular weight is 368 g/mol. The van der Waals surface area contributed by atoms with E-state index in [9.17, 15) is 9.59 Å². The van der Waals surface area contributed by atoms with Gasteiger partial charge in [-0.05, 0) is 49.6 Å². The number of nitrogens with one attached hydrogen (secondary N) is 2. The minimum absolute atomic E-state index is 0.0680. The van der Waals surface area contributed by atoms with Crippen molar-refractivity contribution in [2.45, 2.75) is 25.9 Å². The van der Waals surface area contributed by atoms with E-state index in [1.165, 1.54) is 0 Å². The second-order valence-corrected chi connectivity index (χ2v) is 6.54. The van der Waals surface area contributed by atoms with Gasteiger partial charge in [-0.3, -0.25) is 9.59 Å². The maximum Gasteiger partial charge on any atom is 0.262 e. The van der Waals surface area contributed by atoms with Gasteiger partial charge in [-0.2, -0.15) is 0 Å². The molecule has 1 aliphatic heterocycles. The van der Waals surface area contributed by atoms with Crippen molar-refractivity contribution in [1.29, 1.82) is 0 Å². The average Bonchev–Trinajstić information content (AvgIpc) is 3.19. The van der Waals surface area contributed by atoms with Crippen LogP contribution in [0.2, 0.25) is 0 Å². The predicted molar refractivity (Wildman–Crippen MR) is 103 cm³/mol. The zero-order valence-electron chi connectivity index (χ0n) is 15.4. The topological polar surface area (TPSA) is 76.7 Å². The van der Waals surface area contributed by atoms with Gasteiger partial charge in [-0.1, -0.05) is 24.3 Å². The van der Waals surface area contributed by atoms with E-state index in [0.29, 0.717) is 23.5 Å². The molecule has 2 aromatic carbocycles. The first-order valence-corrected chi connectivity index (χ1v) is 9.10. The molecule has 0 aliphatic carbocycles. The highest BCUT2D eigenvalue weighted by atomic mass is 16.5. The molecule has 6 heteroatoms. The molecule has 2 N–H and O–H groups in total. The predicted octanol–water partition coefficient (Wildman–Crippen LogP) is 2.92. The number of amides is 2. The van der Waals surface area contributed by atoms with Crippen LogP contribution in [0, 0.1) is 6.92 Å². The van der Waals surface area contributed by atoms with Gasteiger partial charge in [-0.25, -0.2) is 0 Å². The van der Waals surface area contributed by atoms with Crippen LogP contribution in [0.5, 0.6) is 5.75 Å². The largest absolute Gasteiger partial charge is 0.484 e. The number of carbonyl (C=O) groups is 2. The summed E-state index contributed by atoms with van der Waals surface area (Å²) in [6.07, 6.45) is 2.04. The van der Waals surface area contributed by atoms with Crippen molar-refractivity contribution < 1.29 is 19.1 Å². The Morgan fingerprint density at radius 1 is 1.19 bits per heavy atom. The molecule has 6 nitrogen and oxygen atoms in total. The molecule has 0 unspecified atom stereocenters. The molecular weight excluding hydrogens is 344 g/mol. The normalized spacial score (nSPS) is 16.0. The first-order chi connectivity index (χ1) is 13.1. The molecule has 1 aliphatic rings. The fraction of sp³-hybridized carbons (Fsp3) is 0.333. The maximum absolute atomic E-state index is 12.5.